The molecule has 0 unspecified atom stereocenters. The summed E-state index contributed by atoms with van der Waals surface area (Å²) in [5, 5.41) is 10.0. The zero-order chi connectivity index (χ0) is 16.6. The van der Waals surface area contributed by atoms with Gasteiger partial charge in [-0.25, -0.2) is 4.98 Å². The van der Waals surface area contributed by atoms with E-state index >= 15 is 0 Å². The Hall–Kier alpha value is -1.63. The first-order valence-corrected chi connectivity index (χ1v) is 10.5. The lowest BCUT2D eigenvalue weighted by molar-refractivity contribution is -0.120. The minimum absolute atomic E-state index is 0.0434. The first kappa shape index (κ1) is 17.2. The summed E-state index contributed by atoms with van der Waals surface area (Å²) in [7, 11) is 0. The molecule has 1 amide bonds. The Balaban J connectivity index is 1.35. The predicted octanol–water partition coefficient (Wildman–Crippen LogP) is 4.71. The predicted molar refractivity (Wildman–Crippen MR) is 104 cm³/mol. The average molecular weight is 375 g/mol. The molecule has 124 valence electrons. The molecule has 0 spiro atoms. The van der Waals surface area contributed by atoms with Crippen molar-refractivity contribution >= 4 is 40.3 Å². The number of carbonyl (C=O) groups excluding carboxylic acids is 1. The van der Waals surface area contributed by atoms with Crippen molar-refractivity contribution in [1.82, 2.24) is 10.3 Å². The van der Waals surface area contributed by atoms with Gasteiger partial charge in [0.1, 0.15) is 5.01 Å². The van der Waals surface area contributed by atoms with Crippen molar-refractivity contribution in [3.8, 4) is 10.6 Å². The molecular weight excluding hydrogens is 356 g/mol. The van der Waals surface area contributed by atoms with Crippen LogP contribution >= 0.6 is 34.4 Å². The second kappa shape index (κ2) is 9.01. The molecule has 3 nitrogen and oxygen atoms in total. The molecule has 6 heteroatoms. The summed E-state index contributed by atoms with van der Waals surface area (Å²) < 4.78 is 0. The fraction of sp³-hybridized carbons (Fsp3) is 0.222. The third-order valence-corrected chi connectivity index (χ3v) is 6.04. The monoisotopic (exact) mass is 374 g/mol. The van der Waals surface area contributed by atoms with E-state index in [2.05, 4.69) is 33.9 Å². The summed E-state index contributed by atoms with van der Waals surface area (Å²) in [6.07, 6.45) is 1.31. The lowest BCUT2D eigenvalue weighted by Crippen LogP contribution is -2.26. The van der Waals surface area contributed by atoms with Crippen LogP contribution in [0.4, 0.5) is 0 Å². The van der Waals surface area contributed by atoms with Crippen LogP contribution in [0.25, 0.3) is 10.6 Å². The highest BCUT2D eigenvalue weighted by atomic mass is 32.2. The van der Waals surface area contributed by atoms with Gasteiger partial charge in [0.25, 0.3) is 0 Å². The summed E-state index contributed by atoms with van der Waals surface area (Å²) in [6, 6.07) is 12.4. The van der Waals surface area contributed by atoms with Crippen molar-refractivity contribution in [3.63, 3.8) is 0 Å². The van der Waals surface area contributed by atoms with E-state index in [1.54, 1.807) is 22.7 Å². The van der Waals surface area contributed by atoms with E-state index in [4.69, 9.17) is 0 Å². The fourth-order valence-corrected chi connectivity index (χ4v) is 4.55. The van der Waals surface area contributed by atoms with E-state index in [1.807, 2.05) is 40.7 Å². The standard InChI is InChI=1S/C18H18N2OS3/c21-17(19-8-4-9-23-16-5-2-1-3-6-16)11-15-13-24-18(20-15)14-7-10-22-12-14/h1-3,5-7,10,12-13H,4,8-9,11H2,(H,19,21). The first-order chi connectivity index (χ1) is 11.8. The molecule has 0 atom stereocenters. The van der Waals surface area contributed by atoms with Crippen molar-refractivity contribution in [2.24, 2.45) is 0 Å². The molecule has 0 bridgehead atoms. The van der Waals surface area contributed by atoms with Gasteiger partial charge in [0.05, 0.1) is 12.1 Å². The number of nitrogens with zero attached hydrogens (tertiary/aromatic N) is 1. The number of hydrogen-bond donors (Lipinski definition) is 1. The molecule has 0 fully saturated rings. The summed E-state index contributed by atoms with van der Waals surface area (Å²) in [5.41, 5.74) is 1.98. The van der Waals surface area contributed by atoms with Gasteiger partial charge in [-0.15, -0.1) is 23.1 Å². The smallest absolute Gasteiger partial charge is 0.226 e. The second-order valence-electron chi connectivity index (χ2n) is 5.20. The third-order valence-electron chi connectivity index (χ3n) is 3.32. The molecule has 2 heterocycles. The van der Waals surface area contributed by atoms with Crippen molar-refractivity contribution < 1.29 is 4.79 Å². The van der Waals surface area contributed by atoms with E-state index in [0.717, 1.165) is 28.4 Å². The Morgan fingerprint density at radius 3 is 2.83 bits per heavy atom. The highest BCUT2D eigenvalue weighted by Crippen LogP contribution is 2.25. The maximum Gasteiger partial charge on any atom is 0.226 e. The van der Waals surface area contributed by atoms with Gasteiger partial charge in [0.15, 0.2) is 0 Å². The molecule has 3 aromatic rings. The Morgan fingerprint density at radius 1 is 1.17 bits per heavy atom. The third kappa shape index (κ3) is 5.19. The molecule has 0 saturated heterocycles. The maximum atomic E-state index is 12.0. The number of carbonyl (C=O) groups is 1. The highest BCUT2D eigenvalue weighted by molar-refractivity contribution is 7.99. The van der Waals surface area contributed by atoms with E-state index < -0.39 is 0 Å². The second-order valence-corrected chi connectivity index (χ2v) is 8.00. The SMILES string of the molecule is O=C(Cc1csc(-c2ccsc2)n1)NCCCSc1ccccc1. The number of rotatable bonds is 8. The summed E-state index contributed by atoms with van der Waals surface area (Å²) in [4.78, 5) is 17.8. The lowest BCUT2D eigenvalue weighted by atomic mass is 10.3. The van der Waals surface area contributed by atoms with E-state index in [0.29, 0.717) is 13.0 Å². The summed E-state index contributed by atoms with van der Waals surface area (Å²) >= 11 is 5.06. The fourth-order valence-electron chi connectivity index (χ4n) is 2.14. The van der Waals surface area contributed by atoms with E-state index in [-0.39, 0.29) is 5.91 Å². The van der Waals surface area contributed by atoms with Gasteiger partial charge < -0.3 is 5.32 Å². The van der Waals surface area contributed by atoms with Crippen molar-refractivity contribution in [2.45, 2.75) is 17.7 Å². The minimum Gasteiger partial charge on any atom is -0.356 e. The van der Waals surface area contributed by atoms with Gasteiger partial charge in [0, 0.05) is 27.8 Å². The Labute approximate surface area is 154 Å². The molecule has 1 N–H and O–H groups in total. The average Bonchev–Trinajstić information content (AvgIpc) is 3.27. The number of thiazole rings is 1. The van der Waals surface area contributed by atoms with Crippen LogP contribution in [-0.4, -0.2) is 23.2 Å². The molecule has 0 aliphatic rings. The molecule has 0 saturated carbocycles. The molecule has 1 aromatic carbocycles. The topological polar surface area (TPSA) is 42.0 Å². The summed E-state index contributed by atoms with van der Waals surface area (Å²) in [5.74, 6) is 1.05. The molecule has 24 heavy (non-hydrogen) atoms. The van der Waals surface area contributed by atoms with Crippen LogP contribution in [0.2, 0.25) is 0 Å². The van der Waals surface area contributed by atoms with Crippen LogP contribution in [0, 0.1) is 0 Å². The quantitative estimate of drug-likeness (QED) is 0.458. The van der Waals surface area contributed by atoms with E-state index in [9.17, 15) is 4.79 Å². The Bertz CT molecular complexity index is 754. The van der Waals surface area contributed by atoms with Crippen LogP contribution in [0.1, 0.15) is 12.1 Å². The maximum absolute atomic E-state index is 12.0. The molecule has 0 aliphatic heterocycles. The largest absolute Gasteiger partial charge is 0.356 e. The number of aromatic nitrogens is 1. The minimum atomic E-state index is 0.0434. The van der Waals surface area contributed by atoms with Gasteiger partial charge in [-0.05, 0) is 35.8 Å². The van der Waals surface area contributed by atoms with Crippen molar-refractivity contribution in [1.29, 1.82) is 0 Å². The molecular formula is C18H18N2OS3. The van der Waals surface area contributed by atoms with Crippen LogP contribution in [0.15, 0.2) is 57.4 Å². The number of thioether (sulfide) groups is 1. The highest BCUT2D eigenvalue weighted by Gasteiger charge is 2.09. The van der Waals surface area contributed by atoms with Gasteiger partial charge in [-0.1, -0.05) is 18.2 Å². The number of thiophene rings is 1. The van der Waals surface area contributed by atoms with Gasteiger partial charge in [-0.2, -0.15) is 11.3 Å². The first-order valence-electron chi connectivity index (χ1n) is 7.73. The van der Waals surface area contributed by atoms with Crippen molar-refractivity contribution in [2.75, 3.05) is 12.3 Å². The number of hydrogen-bond acceptors (Lipinski definition) is 5. The molecule has 0 aliphatic carbocycles. The number of amides is 1. The zero-order valence-corrected chi connectivity index (χ0v) is 15.6. The number of benzene rings is 1. The normalized spacial score (nSPS) is 10.7. The van der Waals surface area contributed by atoms with Gasteiger partial charge in [-0.3, -0.25) is 4.79 Å². The van der Waals surface area contributed by atoms with Gasteiger partial charge >= 0.3 is 0 Å². The van der Waals surface area contributed by atoms with Crippen LogP contribution < -0.4 is 5.32 Å². The molecule has 3 rings (SSSR count). The van der Waals surface area contributed by atoms with Crippen LogP contribution in [0.5, 0.6) is 0 Å². The summed E-state index contributed by atoms with van der Waals surface area (Å²) in [6.45, 7) is 0.709. The van der Waals surface area contributed by atoms with Crippen LogP contribution in [0.3, 0.4) is 0 Å². The van der Waals surface area contributed by atoms with Crippen molar-refractivity contribution in [3.05, 3.63) is 58.2 Å². The zero-order valence-electron chi connectivity index (χ0n) is 13.1. The van der Waals surface area contributed by atoms with Crippen LogP contribution in [-0.2, 0) is 11.2 Å². The Kier molecular flexibility index (Phi) is 6.46. The number of nitrogens with one attached hydrogen (secondary N) is 1. The Morgan fingerprint density at radius 2 is 2.04 bits per heavy atom. The molecule has 2 aromatic heterocycles. The van der Waals surface area contributed by atoms with E-state index in [1.165, 1.54) is 4.90 Å². The van der Waals surface area contributed by atoms with Gasteiger partial charge in [0.2, 0.25) is 5.91 Å². The lowest BCUT2D eigenvalue weighted by Gasteiger charge is -2.04. The molecule has 0 radical (unpaired) electrons.